The van der Waals surface area contributed by atoms with Crippen LogP contribution in [-0.2, 0) is 9.84 Å². The Morgan fingerprint density at radius 2 is 1.64 bits per heavy atom. The summed E-state index contributed by atoms with van der Waals surface area (Å²) < 4.78 is 24.9. The number of aryl methyl sites for hydroxylation is 2. The standard InChI is InChI=1S/C17H14N2O2S/c1-12-3-6-14(7-4-12)19-11-15(10-18)22(20,21)17-8-5-13(2)9-16(17)19/h3-9,11H,1-2H3. The lowest BCUT2D eigenvalue weighted by Crippen LogP contribution is -2.21. The average Bonchev–Trinajstić information content (AvgIpc) is 2.48. The molecule has 0 amide bonds. The molecule has 4 nitrogen and oxygen atoms in total. The van der Waals surface area contributed by atoms with Crippen LogP contribution in [0.3, 0.4) is 0 Å². The Hall–Kier alpha value is -2.58. The molecule has 1 aliphatic rings. The summed E-state index contributed by atoms with van der Waals surface area (Å²) in [5.74, 6) is 0. The van der Waals surface area contributed by atoms with E-state index in [0.717, 1.165) is 16.8 Å². The van der Waals surface area contributed by atoms with Gasteiger partial charge in [-0.05, 0) is 43.7 Å². The third-order valence-electron chi connectivity index (χ3n) is 3.62. The van der Waals surface area contributed by atoms with Crippen LogP contribution in [0.25, 0.3) is 0 Å². The molecule has 0 fully saturated rings. The number of benzene rings is 2. The van der Waals surface area contributed by atoms with Gasteiger partial charge in [-0.2, -0.15) is 5.26 Å². The quantitative estimate of drug-likeness (QED) is 0.807. The van der Waals surface area contributed by atoms with E-state index in [1.54, 1.807) is 23.1 Å². The first-order valence-corrected chi connectivity index (χ1v) is 8.25. The van der Waals surface area contributed by atoms with Gasteiger partial charge in [-0.1, -0.05) is 23.8 Å². The average molecular weight is 310 g/mol. The zero-order valence-electron chi connectivity index (χ0n) is 12.2. The summed E-state index contributed by atoms with van der Waals surface area (Å²) >= 11 is 0. The molecule has 0 aromatic heterocycles. The molecular formula is C17H14N2O2S. The van der Waals surface area contributed by atoms with Crippen LogP contribution in [0, 0.1) is 25.2 Å². The number of rotatable bonds is 1. The number of anilines is 2. The number of fused-ring (bicyclic) bond motifs is 1. The topological polar surface area (TPSA) is 61.2 Å². The number of nitrogens with zero attached hydrogens (tertiary/aromatic N) is 2. The minimum atomic E-state index is -3.74. The lowest BCUT2D eigenvalue weighted by Gasteiger charge is -2.28. The Balaban J connectivity index is 2.29. The highest BCUT2D eigenvalue weighted by atomic mass is 32.2. The zero-order valence-corrected chi connectivity index (χ0v) is 13.1. The summed E-state index contributed by atoms with van der Waals surface area (Å²) in [6, 6.07) is 14.6. The Morgan fingerprint density at radius 1 is 1.00 bits per heavy atom. The first kappa shape index (κ1) is 14.4. The van der Waals surface area contributed by atoms with Crippen molar-refractivity contribution in [3.63, 3.8) is 0 Å². The maximum absolute atomic E-state index is 12.5. The molecular weight excluding hydrogens is 296 g/mol. The molecule has 3 rings (SSSR count). The minimum absolute atomic E-state index is 0.165. The largest absolute Gasteiger partial charge is 0.314 e. The molecule has 22 heavy (non-hydrogen) atoms. The van der Waals surface area contributed by atoms with E-state index >= 15 is 0 Å². The maximum Gasteiger partial charge on any atom is 0.220 e. The van der Waals surface area contributed by atoms with Gasteiger partial charge >= 0.3 is 0 Å². The number of hydrogen-bond acceptors (Lipinski definition) is 4. The van der Waals surface area contributed by atoms with Crippen molar-refractivity contribution in [3.05, 3.63) is 64.7 Å². The first-order chi connectivity index (χ1) is 10.4. The maximum atomic E-state index is 12.5. The number of hydrogen-bond donors (Lipinski definition) is 0. The van der Waals surface area contributed by atoms with E-state index in [1.165, 1.54) is 6.20 Å². The van der Waals surface area contributed by atoms with Crippen molar-refractivity contribution < 1.29 is 8.42 Å². The van der Waals surface area contributed by atoms with Gasteiger partial charge in [0, 0.05) is 11.9 Å². The molecule has 1 aliphatic heterocycles. The van der Waals surface area contributed by atoms with E-state index in [9.17, 15) is 13.7 Å². The van der Waals surface area contributed by atoms with Crippen LogP contribution in [0.4, 0.5) is 11.4 Å². The van der Waals surface area contributed by atoms with Crippen molar-refractivity contribution >= 4 is 21.2 Å². The van der Waals surface area contributed by atoms with E-state index < -0.39 is 9.84 Å². The van der Waals surface area contributed by atoms with E-state index in [1.807, 2.05) is 44.2 Å². The molecule has 0 N–H and O–H groups in total. The van der Waals surface area contributed by atoms with Gasteiger partial charge < -0.3 is 4.90 Å². The van der Waals surface area contributed by atoms with E-state index in [0.29, 0.717) is 5.69 Å². The molecule has 5 heteroatoms. The van der Waals surface area contributed by atoms with Crippen LogP contribution >= 0.6 is 0 Å². The van der Waals surface area contributed by atoms with Gasteiger partial charge in [-0.25, -0.2) is 8.42 Å². The third-order valence-corrected chi connectivity index (χ3v) is 5.32. The van der Waals surface area contributed by atoms with Crippen molar-refractivity contribution in [2.75, 3.05) is 4.90 Å². The van der Waals surface area contributed by atoms with Gasteiger partial charge in [-0.3, -0.25) is 0 Å². The fraction of sp³-hybridized carbons (Fsp3) is 0.118. The van der Waals surface area contributed by atoms with Gasteiger partial charge in [-0.15, -0.1) is 0 Å². The monoisotopic (exact) mass is 310 g/mol. The van der Waals surface area contributed by atoms with Gasteiger partial charge in [0.05, 0.1) is 10.6 Å². The Morgan fingerprint density at radius 3 is 2.27 bits per heavy atom. The van der Waals surface area contributed by atoms with Crippen LogP contribution in [0.1, 0.15) is 11.1 Å². The molecule has 0 saturated heterocycles. The highest BCUT2D eigenvalue weighted by Gasteiger charge is 2.31. The highest BCUT2D eigenvalue weighted by Crippen LogP contribution is 2.39. The molecule has 1 heterocycles. The van der Waals surface area contributed by atoms with Crippen molar-refractivity contribution in [2.45, 2.75) is 18.7 Å². The number of allylic oxidation sites excluding steroid dienone is 1. The summed E-state index contributed by atoms with van der Waals surface area (Å²) in [5, 5.41) is 9.19. The fourth-order valence-corrected chi connectivity index (χ4v) is 3.71. The fourth-order valence-electron chi connectivity index (χ4n) is 2.43. The SMILES string of the molecule is Cc1ccc(N2C=C(C#N)S(=O)(=O)c3ccc(C)cc32)cc1. The zero-order chi connectivity index (χ0) is 15.9. The lowest BCUT2D eigenvalue weighted by atomic mass is 10.1. The predicted molar refractivity (Wildman–Crippen MR) is 85.4 cm³/mol. The second-order valence-corrected chi connectivity index (χ2v) is 7.17. The Kier molecular flexibility index (Phi) is 3.27. The van der Waals surface area contributed by atoms with E-state index in [-0.39, 0.29) is 9.80 Å². The second kappa shape index (κ2) is 5.00. The summed E-state index contributed by atoms with van der Waals surface area (Å²) in [5.41, 5.74) is 3.46. The normalized spacial score (nSPS) is 15.7. The van der Waals surface area contributed by atoms with E-state index in [2.05, 4.69) is 0 Å². The number of sulfone groups is 1. The molecule has 0 atom stereocenters. The van der Waals surface area contributed by atoms with Gasteiger partial charge in [0.1, 0.15) is 6.07 Å². The lowest BCUT2D eigenvalue weighted by molar-refractivity contribution is 0.602. The van der Waals surface area contributed by atoms with Crippen LogP contribution in [0.5, 0.6) is 0 Å². The summed E-state index contributed by atoms with van der Waals surface area (Å²) in [6.07, 6.45) is 1.39. The molecule has 0 saturated carbocycles. The van der Waals surface area contributed by atoms with Crippen LogP contribution in [0.2, 0.25) is 0 Å². The molecule has 0 radical (unpaired) electrons. The Labute approximate surface area is 129 Å². The molecule has 2 aromatic carbocycles. The van der Waals surface area contributed by atoms with Crippen LogP contribution in [0.15, 0.2) is 58.5 Å². The first-order valence-electron chi connectivity index (χ1n) is 6.77. The predicted octanol–water partition coefficient (Wildman–Crippen LogP) is 3.59. The molecule has 0 aliphatic carbocycles. The molecule has 0 spiro atoms. The Bertz CT molecular complexity index is 920. The van der Waals surface area contributed by atoms with Crippen molar-refractivity contribution in [1.29, 1.82) is 5.26 Å². The van der Waals surface area contributed by atoms with E-state index in [4.69, 9.17) is 0 Å². The summed E-state index contributed by atoms with van der Waals surface area (Å²) in [4.78, 5) is 1.67. The van der Waals surface area contributed by atoms with Crippen molar-refractivity contribution in [3.8, 4) is 6.07 Å². The summed E-state index contributed by atoms with van der Waals surface area (Å²) in [6.45, 7) is 3.89. The molecule has 0 unspecified atom stereocenters. The van der Waals surface area contributed by atoms with Gasteiger partial charge in [0.25, 0.3) is 0 Å². The molecule has 110 valence electrons. The number of nitriles is 1. The minimum Gasteiger partial charge on any atom is -0.314 e. The summed E-state index contributed by atoms with van der Waals surface area (Å²) in [7, 11) is -3.74. The smallest absolute Gasteiger partial charge is 0.220 e. The van der Waals surface area contributed by atoms with Crippen LogP contribution < -0.4 is 4.90 Å². The van der Waals surface area contributed by atoms with Crippen molar-refractivity contribution in [1.82, 2.24) is 0 Å². The van der Waals surface area contributed by atoms with Crippen molar-refractivity contribution in [2.24, 2.45) is 0 Å². The van der Waals surface area contributed by atoms with Gasteiger partial charge in [0.15, 0.2) is 4.91 Å². The third kappa shape index (κ3) is 2.18. The highest BCUT2D eigenvalue weighted by molar-refractivity contribution is 7.95. The molecule has 2 aromatic rings. The molecule has 0 bridgehead atoms. The van der Waals surface area contributed by atoms with Gasteiger partial charge in [0.2, 0.25) is 9.84 Å². The second-order valence-electron chi connectivity index (χ2n) is 5.29. The van der Waals surface area contributed by atoms with Crippen LogP contribution in [-0.4, -0.2) is 8.42 Å².